The second kappa shape index (κ2) is 7.77. The lowest BCUT2D eigenvalue weighted by molar-refractivity contribution is -0.384. The highest BCUT2D eigenvalue weighted by atomic mass is 16.6. The number of fused-ring (bicyclic) bond motifs is 1. The number of furan rings is 1. The minimum absolute atomic E-state index is 0.0123. The van der Waals surface area contributed by atoms with Crippen molar-refractivity contribution >= 4 is 28.6 Å². The van der Waals surface area contributed by atoms with Gasteiger partial charge in [0.15, 0.2) is 0 Å². The Kier molecular flexibility index (Phi) is 4.86. The van der Waals surface area contributed by atoms with Gasteiger partial charge in [0.25, 0.3) is 11.6 Å². The number of carbonyl (C=O) groups excluding carboxylic acids is 1. The number of hydrazone groups is 1. The Morgan fingerprint density at radius 2 is 1.72 bits per heavy atom. The standard InChI is InChI=1S/C22H15N3O4/c26-22(20-7-3-5-15-4-1-2-6-19(15)20)24-23-14-18-12-13-21(29-18)16-8-10-17(11-9-16)25(27)28/h1-14H,(H,24,26)/b23-14-. The second-order valence-electron chi connectivity index (χ2n) is 6.23. The minimum atomic E-state index is -0.456. The van der Waals surface area contributed by atoms with E-state index in [1.165, 1.54) is 18.3 Å². The fourth-order valence-corrected chi connectivity index (χ4v) is 2.96. The van der Waals surface area contributed by atoms with E-state index >= 15 is 0 Å². The zero-order chi connectivity index (χ0) is 20.2. The lowest BCUT2D eigenvalue weighted by Crippen LogP contribution is -2.17. The molecule has 7 nitrogen and oxygen atoms in total. The van der Waals surface area contributed by atoms with Crippen LogP contribution in [0.3, 0.4) is 0 Å². The van der Waals surface area contributed by atoms with Gasteiger partial charge in [-0.05, 0) is 41.1 Å². The van der Waals surface area contributed by atoms with E-state index in [-0.39, 0.29) is 11.6 Å². The quantitative estimate of drug-likeness (QED) is 0.304. The van der Waals surface area contributed by atoms with Gasteiger partial charge in [-0.1, -0.05) is 36.4 Å². The van der Waals surface area contributed by atoms with Crippen LogP contribution in [0.1, 0.15) is 16.1 Å². The number of nitro benzene ring substituents is 1. The molecule has 7 heteroatoms. The van der Waals surface area contributed by atoms with Gasteiger partial charge in [-0.15, -0.1) is 0 Å². The molecule has 4 aromatic rings. The maximum Gasteiger partial charge on any atom is 0.271 e. The van der Waals surface area contributed by atoms with Crippen molar-refractivity contribution in [1.82, 2.24) is 5.43 Å². The summed E-state index contributed by atoms with van der Waals surface area (Å²) in [4.78, 5) is 22.7. The van der Waals surface area contributed by atoms with Crippen molar-refractivity contribution in [2.45, 2.75) is 0 Å². The highest BCUT2D eigenvalue weighted by Gasteiger charge is 2.10. The Bertz CT molecular complexity index is 1220. The predicted octanol–water partition coefficient (Wildman–Crippen LogP) is 4.77. The molecule has 0 atom stereocenters. The first kappa shape index (κ1) is 18.1. The van der Waals surface area contributed by atoms with Crippen molar-refractivity contribution in [3.8, 4) is 11.3 Å². The molecule has 0 saturated carbocycles. The molecule has 0 aliphatic carbocycles. The third kappa shape index (κ3) is 3.89. The van der Waals surface area contributed by atoms with E-state index in [0.717, 1.165) is 10.8 Å². The number of benzene rings is 3. The third-order valence-electron chi connectivity index (χ3n) is 4.38. The Labute approximate surface area is 165 Å². The van der Waals surface area contributed by atoms with E-state index in [9.17, 15) is 14.9 Å². The monoisotopic (exact) mass is 385 g/mol. The van der Waals surface area contributed by atoms with Crippen LogP contribution in [0.4, 0.5) is 5.69 Å². The van der Waals surface area contributed by atoms with Crippen LogP contribution in [-0.4, -0.2) is 17.0 Å². The average Bonchev–Trinajstić information content (AvgIpc) is 3.22. The Morgan fingerprint density at radius 3 is 2.52 bits per heavy atom. The van der Waals surface area contributed by atoms with Gasteiger partial charge in [0.1, 0.15) is 11.5 Å². The fraction of sp³-hybridized carbons (Fsp3) is 0. The summed E-state index contributed by atoms with van der Waals surface area (Å²) in [6.45, 7) is 0. The molecule has 0 aliphatic heterocycles. The van der Waals surface area contributed by atoms with Crippen molar-refractivity contribution in [3.05, 3.63) is 100 Å². The van der Waals surface area contributed by atoms with Gasteiger partial charge in [0.05, 0.1) is 11.1 Å². The van der Waals surface area contributed by atoms with Crippen LogP contribution in [0.25, 0.3) is 22.1 Å². The summed E-state index contributed by atoms with van der Waals surface area (Å²) in [5.41, 5.74) is 3.75. The summed E-state index contributed by atoms with van der Waals surface area (Å²) in [6.07, 6.45) is 1.40. The summed E-state index contributed by atoms with van der Waals surface area (Å²) in [7, 11) is 0. The third-order valence-corrected chi connectivity index (χ3v) is 4.38. The Morgan fingerprint density at radius 1 is 0.966 bits per heavy atom. The van der Waals surface area contributed by atoms with Crippen LogP contribution in [0, 0.1) is 10.1 Å². The molecule has 29 heavy (non-hydrogen) atoms. The maximum absolute atomic E-state index is 12.5. The molecule has 1 heterocycles. The van der Waals surface area contributed by atoms with Crippen molar-refractivity contribution in [1.29, 1.82) is 0 Å². The molecular formula is C22H15N3O4. The van der Waals surface area contributed by atoms with Gasteiger partial charge < -0.3 is 4.42 Å². The molecule has 142 valence electrons. The van der Waals surface area contributed by atoms with E-state index in [0.29, 0.717) is 22.6 Å². The summed E-state index contributed by atoms with van der Waals surface area (Å²) in [5, 5.41) is 16.5. The molecule has 0 spiro atoms. The van der Waals surface area contributed by atoms with E-state index in [1.54, 1.807) is 30.3 Å². The highest BCUT2D eigenvalue weighted by molar-refractivity contribution is 6.07. The molecule has 0 saturated heterocycles. The number of hydrogen-bond donors (Lipinski definition) is 1. The van der Waals surface area contributed by atoms with Crippen molar-refractivity contribution in [3.63, 3.8) is 0 Å². The van der Waals surface area contributed by atoms with Crippen molar-refractivity contribution in [2.24, 2.45) is 5.10 Å². The summed E-state index contributed by atoms with van der Waals surface area (Å²) >= 11 is 0. The number of nitrogens with zero attached hydrogens (tertiary/aromatic N) is 2. The van der Waals surface area contributed by atoms with Crippen LogP contribution < -0.4 is 5.43 Å². The van der Waals surface area contributed by atoms with E-state index in [4.69, 9.17) is 4.42 Å². The van der Waals surface area contributed by atoms with Crippen LogP contribution >= 0.6 is 0 Å². The van der Waals surface area contributed by atoms with Crippen LogP contribution in [-0.2, 0) is 0 Å². The molecule has 3 aromatic carbocycles. The number of rotatable bonds is 5. The molecule has 1 amide bonds. The van der Waals surface area contributed by atoms with E-state index in [2.05, 4.69) is 10.5 Å². The molecule has 0 unspecified atom stereocenters. The largest absolute Gasteiger partial charge is 0.455 e. The smallest absolute Gasteiger partial charge is 0.271 e. The molecule has 1 N–H and O–H groups in total. The van der Waals surface area contributed by atoms with Gasteiger partial charge >= 0.3 is 0 Å². The zero-order valence-electron chi connectivity index (χ0n) is 15.1. The van der Waals surface area contributed by atoms with Crippen LogP contribution in [0.5, 0.6) is 0 Å². The molecule has 4 rings (SSSR count). The Balaban J connectivity index is 1.46. The molecule has 0 fully saturated rings. The van der Waals surface area contributed by atoms with Gasteiger partial charge in [-0.25, -0.2) is 5.43 Å². The predicted molar refractivity (Wildman–Crippen MR) is 110 cm³/mol. The van der Waals surface area contributed by atoms with Crippen molar-refractivity contribution < 1.29 is 14.1 Å². The normalized spacial score (nSPS) is 11.0. The number of nitrogens with one attached hydrogen (secondary N) is 1. The topological polar surface area (TPSA) is 97.7 Å². The maximum atomic E-state index is 12.5. The number of carbonyl (C=O) groups is 1. The molecule has 1 aromatic heterocycles. The molecular weight excluding hydrogens is 370 g/mol. The van der Waals surface area contributed by atoms with Gasteiger partial charge in [0, 0.05) is 23.3 Å². The minimum Gasteiger partial charge on any atom is -0.455 e. The number of non-ortho nitro benzene ring substituents is 1. The average molecular weight is 385 g/mol. The van der Waals surface area contributed by atoms with E-state index in [1.807, 2.05) is 36.4 Å². The number of hydrogen-bond acceptors (Lipinski definition) is 5. The van der Waals surface area contributed by atoms with Crippen molar-refractivity contribution in [2.75, 3.05) is 0 Å². The Hall–Kier alpha value is -4.26. The summed E-state index contributed by atoms with van der Waals surface area (Å²) in [6, 6.07) is 22.6. The zero-order valence-corrected chi connectivity index (χ0v) is 15.1. The van der Waals surface area contributed by atoms with E-state index < -0.39 is 4.92 Å². The lowest BCUT2D eigenvalue weighted by atomic mass is 10.0. The first-order valence-corrected chi connectivity index (χ1v) is 8.78. The summed E-state index contributed by atoms with van der Waals surface area (Å²) in [5.74, 6) is 0.665. The first-order chi connectivity index (χ1) is 14.1. The SMILES string of the molecule is O=C(N/N=C\c1ccc(-c2ccc([N+](=O)[O-])cc2)o1)c1cccc2ccccc12. The summed E-state index contributed by atoms with van der Waals surface area (Å²) < 4.78 is 5.66. The van der Waals surface area contributed by atoms with Crippen LogP contribution in [0.2, 0.25) is 0 Å². The lowest BCUT2D eigenvalue weighted by Gasteiger charge is -2.04. The highest BCUT2D eigenvalue weighted by Crippen LogP contribution is 2.24. The van der Waals surface area contributed by atoms with Gasteiger partial charge in [-0.3, -0.25) is 14.9 Å². The number of amides is 1. The van der Waals surface area contributed by atoms with Crippen LogP contribution in [0.15, 0.2) is 88.4 Å². The molecule has 0 aliphatic rings. The second-order valence-corrected chi connectivity index (χ2v) is 6.23. The first-order valence-electron chi connectivity index (χ1n) is 8.78. The molecule has 0 bridgehead atoms. The number of nitro groups is 1. The molecule has 0 radical (unpaired) electrons. The van der Waals surface area contributed by atoms with Gasteiger partial charge in [0.2, 0.25) is 0 Å². The fourth-order valence-electron chi connectivity index (χ4n) is 2.96. The van der Waals surface area contributed by atoms with Gasteiger partial charge in [-0.2, -0.15) is 5.10 Å².